The fourth-order valence-electron chi connectivity index (χ4n) is 1.99. The summed E-state index contributed by atoms with van der Waals surface area (Å²) >= 11 is 0. The molecular formula is C14H23NO2. The molecule has 0 aliphatic heterocycles. The molecule has 1 aromatic carbocycles. The van der Waals surface area contributed by atoms with Crippen LogP contribution in [0.25, 0.3) is 0 Å². The second kappa shape index (κ2) is 7.30. The van der Waals surface area contributed by atoms with Crippen LogP contribution in [-0.2, 0) is 11.2 Å². The summed E-state index contributed by atoms with van der Waals surface area (Å²) in [6.45, 7) is 2.14. The predicted octanol–water partition coefficient (Wildman–Crippen LogP) is 2.38. The molecule has 0 bridgehead atoms. The Balaban J connectivity index is 2.62. The van der Waals surface area contributed by atoms with Crippen LogP contribution in [0.4, 0.5) is 0 Å². The number of methoxy groups -OCH3 is 2. The minimum atomic E-state index is 0.0343. The van der Waals surface area contributed by atoms with Crippen LogP contribution >= 0.6 is 0 Å². The highest BCUT2D eigenvalue weighted by Crippen LogP contribution is 2.16. The third-order valence-corrected chi connectivity index (χ3v) is 2.96. The van der Waals surface area contributed by atoms with Gasteiger partial charge in [-0.05, 0) is 30.5 Å². The first kappa shape index (κ1) is 14.0. The van der Waals surface area contributed by atoms with Crippen molar-refractivity contribution in [2.45, 2.75) is 38.3 Å². The molecule has 0 saturated carbocycles. The predicted molar refractivity (Wildman–Crippen MR) is 70.4 cm³/mol. The maximum atomic E-state index is 6.17. The molecule has 2 atom stereocenters. The Morgan fingerprint density at radius 2 is 2.06 bits per heavy atom. The van der Waals surface area contributed by atoms with Crippen LogP contribution in [0.15, 0.2) is 24.3 Å². The van der Waals surface area contributed by atoms with Crippen molar-refractivity contribution < 1.29 is 9.47 Å². The smallest absolute Gasteiger partial charge is 0.119 e. The third-order valence-electron chi connectivity index (χ3n) is 2.96. The van der Waals surface area contributed by atoms with Crippen molar-refractivity contribution in [3.63, 3.8) is 0 Å². The van der Waals surface area contributed by atoms with E-state index in [1.807, 2.05) is 18.2 Å². The highest BCUT2D eigenvalue weighted by molar-refractivity contribution is 5.29. The van der Waals surface area contributed by atoms with Crippen LogP contribution in [0.1, 0.15) is 25.3 Å². The van der Waals surface area contributed by atoms with Crippen molar-refractivity contribution in [1.82, 2.24) is 0 Å². The van der Waals surface area contributed by atoms with Crippen molar-refractivity contribution in [3.05, 3.63) is 29.8 Å². The fourth-order valence-corrected chi connectivity index (χ4v) is 1.99. The zero-order chi connectivity index (χ0) is 12.7. The molecule has 0 aliphatic carbocycles. The number of nitrogens with two attached hydrogens (primary N) is 1. The fraction of sp³-hybridized carbons (Fsp3) is 0.571. The van der Waals surface area contributed by atoms with Crippen LogP contribution in [0, 0.1) is 0 Å². The average Bonchev–Trinajstić information content (AvgIpc) is 2.36. The van der Waals surface area contributed by atoms with E-state index in [0.717, 1.165) is 25.0 Å². The summed E-state index contributed by atoms with van der Waals surface area (Å²) in [4.78, 5) is 0. The van der Waals surface area contributed by atoms with Gasteiger partial charge in [-0.1, -0.05) is 25.5 Å². The van der Waals surface area contributed by atoms with Gasteiger partial charge in [0.25, 0.3) is 0 Å². The molecule has 2 N–H and O–H groups in total. The van der Waals surface area contributed by atoms with Crippen molar-refractivity contribution in [2.24, 2.45) is 5.73 Å². The topological polar surface area (TPSA) is 44.5 Å². The van der Waals surface area contributed by atoms with Gasteiger partial charge in [-0.3, -0.25) is 0 Å². The second-order valence-electron chi connectivity index (χ2n) is 4.28. The van der Waals surface area contributed by atoms with Gasteiger partial charge in [0, 0.05) is 13.2 Å². The molecule has 0 aromatic heterocycles. The minimum absolute atomic E-state index is 0.0343. The van der Waals surface area contributed by atoms with E-state index >= 15 is 0 Å². The zero-order valence-corrected chi connectivity index (χ0v) is 11.0. The van der Waals surface area contributed by atoms with Crippen molar-refractivity contribution in [3.8, 4) is 5.75 Å². The van der Waals surface area contributed by atoms with Crippen molar-refractivity contribution >= 4 is 0 Å². The van der Waals surface area contributed by atoms with Crippen molar-refractivity contribution in [1.29, 1.82) is 0 Å². The van der Waals surface area contributed by atoms with E-state index in [4.69, 9.17) is 15.2 Å². The molecule has 0 fully saturated rings. The molecule has 3 nitrogen and oxygen atoms in total. The first-order valence-corrected chi connectivity index (χ1v) is 6.12. The number of ether oxygens (including phenoxy) is 2. The lowest BCUT2D eigenvalue weighted by molar-refractivity contribution is 0.0726. The first-order valence-electron chi connectivity index (χ1n) is 6.12. The molecule has 0 amide bonds. The molecule has 0 aliphatic rings. The molecule has 1 rings (SSSR count). The van der Waals surface area contributed by atoms with E-state index in [-0.39, 0.29) is 12.1 Å². The Kier molecular flexibility index (Phi) is 6.01. The van der Waals surface area contributed by atoms with Gasteiger partial charge in [0.05, 0.1) is 13.2 Å². The molecule has 0 saturated heterocycles. The van der Waals surface area contributed by atoms with Gasteiger partial charge in [-0.15, -0.1) is 0 Å². The normalized spacial score (nSPS) is 14.4. The Bertz CT molecular complexity index is 328. The Morgan fingerprint density at radius 1 is 1.29 bits per heavy atom. The highest BCUT2D eigenvalue weighted by Gasteiger charge is 2.16. The summed E-state index contributed by atoms with van der Waals surface area (Å²) in [6.07, 6.45) is 3.04. The average molecular weight is 237 g/mol. The first-order chi connectivity index (χ1) is 8.21. The van der Waals surface area contributed by atoms with Gasteiger partial charge in [0.2, 0.25) is 0 Å². The zero-order valence-electron chi connectivity index (χ0n) is 11.0. The van der Waals surface area contributed by atoms with E-state index in [9.17, 15) is 0 Å². The molecule has 0 radical (unpaired) electrons. The SMILES string of the molecule is CCCC(OC)C(N)Cc1cccc(OC)c1. The Labute approximate surface area is 104 Å². The van der Waals surface area contributed by atoms with Gasteiger partial charge in [-0.2, -0.15) is 0 Å². The van der Waals surface area contributed by atoms with E-state index in [1.54, 1.807) is 14.2 Å². The molecule has 2 unspecified atom stereocenters. The minimum Gasteiger partial charge on any atom is -0.497 e. The number of benzene rings is 1. The van der Waals surface area contributed by atoms with E-state index in [2.05, 4.69) is 13.0 Å². The molecule has 96 valence electrons. The van der Waals surface area contributed by atoms with Crippen LogP contribution in [0.5, 0.6) is 5.75 Å². The standard InChI is InChI=1S/C14H23NO2/c1-4-6-14(17-3)13(15)10-11-7-5-8-12(9-11)16-2/h5,7-9,13-14H,4,6,10,15H2,1-3H3. The lowest BCUT2D eigenvalue weighted by Gasteiger charge is -2.22. The van der Waals surface area contributed by atoms with E-state index in [0.29, 0.717) is 0 Å². The van der Waals surface area contributed by atoms with Crippen LogP contribution in [0.2, 0.25) is 0 Å². The quantitative estimate of drug-likeness (QED) is 0.792. The summed E-state index contributed by atoms with van der Waals surface area (Å²) in [7, 11) is 3.40. The largest absolute Gasteiger partial charge is 0.497 e. The molecule has 3 heteroatoms. The second-order valence-corrected chi connectivity index (χ2v) is 4.28. The molecule has 1 aromatic rings. The highest BCUT2D eigenvalue weighted by atomic mass is 16.5. The number of hydrogen-bond acceptors (Lipinski definition) is 3. The summed E-state index contributed by atoms with van der Waals surface area (Å²) in [5.74, 6) is 0.874. The van der Waals surface area contributed by atoms with Crippen LogP contribution < -0.4 is 10.5 Å². The summed E-state index contributed by atoms with van der Waals surface area (Å²) in [5.41, 5.74) is 7.36. The maximum absolute atomic E-state index is 6.17. The molecule has 17 heavy (non-hydrogen) atoms. The summed E-state index contributed by atoms with van der Waals surface area (Å²) < 4.78 is 10.6. The summed E-state index contributed by atoms with van der Waals surface area (Å²) in [6, 6.07) is 8.06. The monoisotopic (exact) mass is 237 g/mol. The summed E-state index contributed by atoms with van der Waals surface area (Å²) in [5, 5.41) is 0. The van der Waals surface area contributed by atoms with Crippen molar-refractivity contribution in [2.75, 3.05) is 14.2 Å². The number of hydrogen-bond donors (Lipinski definition) is 1. The Morgan fingerprint density at radius 3 is 2.65 bits per heavy atom. The molecular weight excluding hydrogens is 214 g/mol. The van der Waals surface area contributed by atoms with E-state index < -0.39 is 0 Å². The Hall–Kier alpha value is -1.06. The van der Waals surface area contributed by atoms with Gasteiger partial charge in [-0.25, -0.2) is 0 Å². The van der Waals surface area contributed by atoms with Gasteiger partial charge < -0.3 is 15.2 Å². The van der Waals surface area contributed by atoms with Crippen LogP contribution in [-0.4, -0.2) is 26.4 Å². The number of rotatable bonds is 7. The lowest BCUT2D eigenvalue weighted by atomic mass is 9.99. The van der Waals surface area contributed by atoms with Gasteiger partial charge in [0.1, 0.15) is 5.75 Å². The maximum Gasteiger partial charge on any atom is 0.119 e. The molecule has 0 spiro atoms. The third kappa shape index (κ3) is 4.36. The molecule has 0 heterocycles. The van der Waals surface area contributed by atoms with Crippen LogP contribution in [0.3, 0.4) is 0 Å². The van der Waals surface area contributed by atoms with E-state index in [1.165, 1.54) is 5.56 Å². The van der Waals surface area contributed by atoms with Gasteiger partial charge in [0.15, 0.2) is 0 Å². The lowest BCUT2D eigenvalue weighted by Crippen LogP contribution is -2.37. The van der Waals surface area contributed by atoms with Gasteiger partial charge >= 0.3 is 0 Å².